The maximum Gasteiger partial charge on any atom is 0.256 e. The van der Waals surface area contributed by atoms with Crippen LogP contribution in [-0.4, -0.2) is 26.0 Å². The van der Waals surface area contributed by atoms with Gasteiger partial charge in [0, 0.05) is 21.4 Å². The number of nitrogens with one attached hydrogen (secondary N) is 2. The molecule has 0 aliphatic heterocycles. The van der Waals surface area contributed by atoms with E-state index in [9.17, 15) is 9.59 Å². The van der Waals surface area contributed by atoms with Gasteiger partial charge >= 0.3 is 0 Å². The Bertz CT molecular complexity index is 775. The molecule has 132 valence electrons. The molecular formula is C18H19IN2O4. The van der Waals surface area contributed by atoms with Gasteiger partial charge < -0.3 is 20.1 Å². The van der Waals surface area contributed by atoms with Crippen LogP contribution in [0.25, 0.3) is 0 Å². The maximum atomic E-state index is 12.5. The molecule has 2 N–H and O–H groups in total. The third kappa shape index (κ3) is 4.85. The van der Waals surface area contributed by atoms with E-state index in [0.717, 1.165) is 3.57 Å². The molecule has 0 aliphatic rings. The predicted octanol–water partition coefficient (Wildman–Crippen LogP) is 3.91. The van der Waals surface area contributed by atoms with Crippen LogP contribution in [0.2, 0.25) is 0 Å². The largest absolute Gasteiger partial charge is 0.493 e. The normalized spacial score (nSPS) is 10.1. The van der Waals surface area contributed by atoms with E-state index in [0.29, 0.717) is 34.9 Å². The number of rotatable bonds is 6. The van der Waals surface area contributed by atoms with Crippen molar-refractivity contribution < 1.29 is 19.1 Å². The van der Waals surface area contributed by atoms with Gasteiger partial charge in [-0.3, -0.25) is 9.59 Å². The highest BCUT2D eigenvalue weighted by Gasteiger charge is 2.15. The second-order valence-electron chi connectivity index (χ2n) is 5.12. The molecule has 0 saturated heterocycles. The fourth-order valence-corrected chi connectivity index (χ4v) is 2.80. The van der Waals surface area contributed by atoms with Gasteiger partial charge in [0.1, 0.15) is 0 Å². The highest BCUT2D eigenvalue weighted by atomic mass is 127. The van der Waals surface area contributed by atoms with Crippen LogP contribution in [0.1, 0.15) is 23.7 Å². The summed E-state index contributed by atoms with van der Waals surface area (Å²) in [6.45, 7) is 1.79. The van der Waals surface area contributed by atoms with Gasteiger partial charge in [0.25, 0.3) is 5.91 Å². The highest BCUT2D eigenvalue weighted by molar-refractivity contribution is 14.1. The Hall–Kier alpha value is -2.29. The first-order valence-corrected chi connectivity index (χ1v) is 8.69. The molecule has 2 aromatic carbocycles. The van der Waals surface area contributed by atoms with Gasteiger partial charge in [-0.25, -0.2) is 0 Å². The molecule has 0 heterocycles. The van der Waals surface area contributed by atoms with Gasteiger partial charge in [-0.05, 0) is 59.0 Å². The Labute approximate surface area is 160 Å². The van der Waals surface area contributed by atoms with Gasteiger partial charge in [0.05, 0.1) is 19.8 Å². The van der Waals surface area contributed by atoms with Crippen molar-refractivity contribution in [1.29, 1.82) is 0 Å². The zero-order chi connectivity index (χ0) is 18.4. The Balaban J connectivity index is 2.15. The van der Waals surface area contributed by atoms with Crippen LogP contribution in [0.5, 0.6) is 11.5 Å². The lowest BCUT2D eigenvalue weighted by Crippen LogP contribution is -2.14. The second-order valence-corrected chi connectivity index (χ2v) is 6.28. The van der Waals surface area contributed by atoms with Crippen LogP contribution in [0.15, 0.2) is 36.4 Å². The van der Waals surface area contributed by atoms with Crippen molar-refractivity contribution in [3.63, 3.8) is 0 Å². The van der Waals surface area contributed by atoms with Gasteiger partial charge in [-0.1, -0.05) is 6.92 Å². The summed E-state index contributed by atoms with van der Waals surface area (Å²) in [5, 5.41) is 5.59. The van der Waals surface area contributed by atoms with E-state index in [4.69, 9.17) is 9.47 Å². The topological polar surface area (TPSA) is 76.7 Å². The molecule has 0 aliphatic carbocycles. The van der Waals surface area contributed by atoms with Crippen LogP contribution in [0.3, 0.4) is 0 Å². The molecule has 0 atom stereocenters. The van der Waals surface area contributed by atoms with E-state index in [2.05, 4.69) is 33.2 Å². The molecule has 0 bridgehead atoms. The van der Waals surface area contributed by atoms with Crippen molar-refractivity contribution in [3.05, 3.63) is 45.5 Å². The van der Waals surface area contributed by atoms with Crippen molar-refractivity contribution in [2.24, 2.45) is 0 Å². The Kier molecular flexibility index (Phi) is 6.63. The summed E-state index contributed by atoms with van der Waals surface area (Å²) in [6.07, 6.45) is 0.413. The van der Waals surface area contributed by atoms with Crippen LogP contribution < -0.4 is 20.1 Å². The first-order valence-electron chi connectivity index (χ1n) is 7.61. The average molecular weight is 454 g/mol. The summed E-state index contributed by atoms with van der Waals surface area (Å²) in [4.78, 5) is 23.9. The third-order valence-corrected chi connectivity index (χ3v) is 4.36. The van der Waals surface area contributed by atoms with Crippen molar-refractivity contribution in [2.75, 3.05) is 24.9 Å². The number of amides is 2. The molecule has 0 unspecified atom stereocenters. The fourth-order valence-electron chi connectivity index (χ4n) is 2.11. The van der Waals surface area contributed by atoms with Gasteiger partial charge in [0.2, 0.25) is 5.91 Å². The summed E-state index contributed by atoms with van der Waals surface area (Å²) in [6, 6.07) is 10.3. The summed E-state index contributed by atoms with van der Waals surface area (Å²) >= 11 is 2.08. The lowest BCUT2D eigenvalue weighted by Gasteiger charge is -2.12. The molecule has 2 aromatic rings. The quantitative estimate of drug-likeness (QED) is 0.650. The number of hydrogen-bond acceptors (Lipinski definition) is 4. The smallest absolute Gasteiger partial charge is 0.256 e. The van der Waals surface area contributed by atoms with E-state index >= 15 is 0 Å². The van der Waals surface area contributed by atoms with Crippen molar-refractivity contribution in [3.8, 4) is 11.5 Å². The summed E-state index contributed by atoms with van der Waals surface area (Å²) in [7, 11) is 3.07. The SMILES string of the molecule is CCC(=O)Nc1ccc(NC(=O)c2cc(OC)c(OC)cc2I)cc1. The third-order valence-electron chi connectivity index (χ3n) is 3.47. The van der Waals surface area contributed by atoms with E-state index in [1.165, 1.54) is 7.11 Å². The lowest BCUT2D eigenvalue weighted by molar-refractivity contribution is -0.115. The zero-order valence-electron chi connectivity index (χ0n) is 14.2. The number of carbonyl (C=O) groups excluding carboxylic acids is 2. The number of halogens is 1. The minimum absolute atomic E-state index is 0.0586. The summed E-state index contributed by atoms with van der Waals surface area (Å²) < 4.78 is 11.2. The number of hydrogen-bond donors (Lipinski definition) is 2. The van der Waals surface area contributed by atoms with Crippen LogP contribution in [-0.2, 0) is 4.79 Å². The molecule has 6 nitrogen and oxygen atoms in total. The van der Waals surface area contributed by atoms with Gasteiger partial charge in [0.15, 0.2) is 11.5 Å². The first kappa shape index (κ1) is 19.0. The lowest BCUT2D eigenvalue weighted by atomic mass is 10.1. The van der Waals surface area contributed by atoms with E-state index in [1.807, 2.05) is 0 Å². The number of ether oxygens (including phenoxy) is 2. The standard InChI is InChI=1S/C18H19IN2O4/c1-4-17(22)20-11-5-7-12(8-6-11)21-18(23)13-9-15(24-2)16(25-3)10-14(13)19/h5-10H,4H2,1-3H3,(H,20,22)(H,21,23). The second kappa shape index (κ2) is 8.70. The van der Waals surface area contributed by atoms with Crippen LogP contribution in [0, 0.1) is 3.57 Å². The minimum atomic E-state index is -0.254. The maximum absolute atomic E-state index is 12.5. The molecule has 2 rings (SSSR count). The van der Waals surface area contributed by atoms with Crippen LogP contribution >= 0.6 is 22.6 Å². The van der Waals surface area contributed by atoms with Gasteiger partial charge in [-0.2, -0.15) is 0 Å². The molecule has 0 fully saturated rings. The Morgan fingerprint density at radius 2 is 1.48 bits per heavy atom. The molecule has 25 heavy (non-hydrogen) atoms. The summed E-state index contributed by atoms with van der Waals surface area (Å²) in [5.74, 6) is 0.748. The molecule has 0 saturated carbocycles. The van der Waals surface area contributed by atoms with Crippen LogP contribution in [0.4, 0.5) is 11.4 Å². The number of anilines is 2. The predicted molar refractivity (Wildman–Crippen MR) is 106 cm³/mol. The van der Waals surface area contributed by atoms with E-state index in [1.54, 1.807) is 50.4 Å². The van der Waals surface area contributed by atoms with Crippen molar-refractivity contribution >= 4 is 45.8 Å². The Morgan fingerprint density at radius 1 is 0.960 bits per heavy atom. The van der Waals surface area contributed by atoms with Gasteiger partial charge in [-0.15, -0.1) is 0 Å². The molecule has 0 spiro atoms. The monoisotopic (exact) mass is 454 g/mol. The zero-order valence-corrected chi connectivity index (χ0v) is 16.3. The number of carbonyl (C=O) groups is 2. The van der Waals surface area contributed by atoms with E-state index < -0.39 is 0 Å². The molecule has 0 radical (unpaired) electrons. The number of methoxy groups -OCH3 is 2. The summed E-state index contributed by atoms with van der Waals surface area (Å²) in [5.41, 5.74) is 1.80. The molecule has 0 aromatic heterocycles. The minimum Gasteiger partial charge on any atom is -0.493 e. The van der Waals surface area contributed by atoms with Crippen molar-refractivity contribution in [2.45, 2.75) is 13.3 Å². The first-order chi connectivity index (χ1) is 12.0. The Morgan fingerprint density at radius 3 is 2.00 bits per heavy atom. The fraction of sp³-hybridized carbons (Fsp3) is 0.222. The number of benzene rings is 2. The molecule has 2 amide bonds. The van der Waals surface area contributed by atoms with E-state index in [-0.39, 0.29) is 11.8 Å². The molecular weight excluding hydrogens is 435 g/mol. The highest BCUT2D eigenvalue weighted by Crippen LogP contribution is 2.31. The average Bonchev–Trinajstić information content (AvgIpc) is 2.62. The molecule has 7 heteroatoms. The van der Waals surface area contributed by atoms with Crippen molar-refractivity contribution in [1.82, 2.24) is 0 Å².